The number of nitrogens with one attached hydrogen (secondary N) is 1. The van der Waals surface area contributed by atoms with Gasteiger partial charge in [0.2, 0.25) is 5.91 Å². The fourth-order valence-corrected chi connectivity index (χ4v) is 1.47. The van der Waals surface area contributed by atoms with E-state index in [1.165, 1.54) is 4.90 Å². The molecule has 1 N–H and O–H groups in total. The zero-order valence-electron chi connectivity index (χ0n) is 11.7. The quantitative estimate of drug-likeness (QED) is 0.863. The Labute approximate surface area is 118 Å². The van der Waals surface area contributed by atoms with Crippen LogP contribution in [0.15, 0.2) is 24.3 Å². The summed E-state index contributed by atoms with van der Waals surface area (Å²) in [6.45, 7) is 3.54. The van der Waals surface area contributed by atoms with Gasteiger partial charge in [0.1, 0.15) is 0 Å². The van der Waals surface area contributed by atoms with Gasteiger partial charge in [-0.05, 0) is 32.0 Å². The van der Waals surface area contributed by atoms with Crippen molar-refractivity contribution in [2.45, 2.75) is 13.8 Å². The molecule has 0 aliphatic heterocycles. The second-order valence-corrected chi connectivity index (χ2v) is 5.52. The first-order valence-corrected chi connectivity index (χ1v) is 6.50. The van der Waals surface area contributed by atoms with E-state index in [0.717, 1.165) is 0 Å². The van der Waals surface area contributed by atoms with Crippen LogP contribution in [0.3, 0.4) is 0 Å². The lowest BCUT2D eigenvalue weighted by Crippen LogP contribution is -2.32. The van der Waals surface area contributed by atoms with Gasteiger partial charge in [-0.1, -0.05) is 6.07 Å². The van der Waals surface area contributed by atoms with Crippen molar-refractivity contribution in [3.05, 3.63) is 29.8 Å². The first-order chi connectivity index (χ1) is 8.77. The van der Waals surface area contributed by atoms with Crippen LogP contribution in [0.5, 0.6) is 0 Å². The van der Waals surface area contributed by atoms with E-state index in [9.17, 15) is 9.59 Å². The van der Waals surface area contributed by atoms with Crippen molar-refractivity contribution < 1.29 is 9.59 Å². The predicted octanol–water partition coefficient (Wildman–Crippen LogP) is 2.59. The number of anilines is 1. The van der Waals surface area contributed by atoms with E-state index in [1.807, 2.05) is 0 Å². The molecule has 0 aromatic heterocycles. The van der Waals surface area contributed by atoms with Crippen molar-refractivity contribution in [3.63, 3.8) is 0 Å². The topological polar surface area (TPSA) is 49.4 Å². The standard InChI is InChI=1S/C14H19ClN2O2/c1-14(2,9-15)13(19)16-11-7-5-6-10(8-11)12(18)17(3)4/h5-8H,9H2,1-4H3,(H,16,19). The average Bonchev–Trinajstić information content (AvgIpc) is 2.37. The van der Waals surface area contributed by atoms with Gasteiger partial charge in [-0.25, -0.2) is 0 Å². The highest BCUT2D eigenvalue weighted by Gasteiger charge is 2.26. The third-order valence-corrected chi connectivity index (χ3v) is 3.39. The molecule has 0 saturated carbocycles. The molecule has 1 aromatic rings. The van der Waals surface area contributed by atoms with Crippen molar-refractivity contribution in [3.8, 4) is 0 Å². The second-order valence-electron chi connectivity index (χ2n) is 5.25. The van der Waals surface area contributed by atoms with Gasteiger partial charge in [-0.2, -0.15) is 0 Å². The van der Waals surface area contributed by atoms with Crippen LogP contribution in [-0.4, -0.2) is 36.7 Å². The zero-order chi connectivity index (χ0) is 14.6. The molecule has 0 spiro atoms. The summed E-state index contributed by atoms with van der Waals surface area (Å²) in [6, 6.07) is 6.85. The van der Waals surface area contributed by atoms with Crippen LogP contribution in [0.2, 0.25) is 0 Å². The summed E-state index contributed by atoms with van der Waals surface area (Å²) in [5.74, 6) is -0.0422. The minimum absolute atomic E-state index is 0.104. The van der Waals surface area contributed by atoms with Gasteiger partial charge in [0.15, 0.2) is 0 Å². The largest absolute Gasteiger partial charge is 0.345 e. The Morgan fingerprint density at radius 1 is 1.32 bits per heavy atom. The van der Waals surface area contributed by atoms with Crippen LogP contribution in [0.25, 0.3) is 0 Å². The third kappa shape index (κ3) is 3.96. The molecule has 0 aliphatic rings. The fourth-order valence-electron chi connectivity index (χ4n) is 1.35. The second kappa shape index (κ2) is 6.06. The maximum atomic E-state index is 12.0. The van der Waals surface area contributed by atoms with Gasteiger partial charge >= 0.3 is 0 Å². The Balaban J connectivity index is 2.90. The Bertz CT molecular complexity index is 484. The van der Waals surface area contributed by atoms with Gasteiger partial charge in [0, 0.05) is 31.2 Å². The average molecular weight is 283 g/mol. The van der Waals surface area contributed by atoms with Crippen LogP contribution in [0.1, 0.15) is 24.2 Å². The zero-order valence-corrected chi connectivity index (χ0v) is 12.4. The van der Waals surface area contributed by atoms with Crippen LogP contribution in [0, 0.1) is 5.41 Å². The van der Waals surface area contributed by atoms with Crippen LogP contribution in [-0.2, 0) is 4.79 Å². The number of benzene rings is 1. The van der Waals surface area contributed by atoms with Crippen molar-refractivity contribution in [1.82, 2.24) is 4.90 Å². The van der Waals surface area contributed by atoms with Crippen LogP contribution in [0.4, 0.5) is 5.69 Å². The molecule has 104 valence electrons. The number of carbonyl (C=O) groups excluding carboxylic acids is 2. The molecule has 0 bridgehead atoms. The minimum atomic E-state index is -0.650. The third-order valence-electron chi connectivity index (χ3n) is 2.72. The molecule has 0 unspecified atom stereocenters. The first-order valence-electron chi connectivity index (χ1n) is 5.97. The molecular formula is C14H19ClN2O2. The SMILES string of the molecule is CN(C)C(=O)c1cccc(NC(=O)C(C)(C)CCl)c1. The monoisotopic (exact) mass is 282 g/mol. The molecule has 1 rings (SSSR count). The van der Waals surface area contributed by atoms with E-state index in [1.54, 1.807) is 52.2 Å². The van der Waals surface area contributed by atoms with Gasteiger partial charge in [-0.3, -0.25) is 9.59 Å². The lowest BCUT2D eigenvalue weighted by Gasteiger charge is -2.20. The number of rotatable bonds is 4. The van der Waals surface area contributed by atoms with Crippen LogP contribution < -0.4 is 5.32 Å². The molecule has 0 atom stereocenters. The number of nitrogens with zero attached hydrogens (tertiary/aromatic N) is 1. The predicted molar refractivity (Wildman–Crippen MR) is 77.6 cm³/mol. The number of amides is 2. The highest BCUT2D eigenvalue weighted by Crippen LogP contribution is 2.21. The van der Waals surface area contributed by atoms with Crippen molar-refractivity contribution in [1.29, 1.82) is 0 Å². The minimum Gasteiger partial charge on any atom is -0.345 e. The Morgan fingerprint density at radius 3 is 2.47 bits per heavy atom. The van der Waals surface area contributed by atoms with E-state index in [0.29, 0.717) is 11.3 Å². The smallest absolute Gasteiger partial charge is 0.253 e. The van der Waals surface area contributed by atoms with E-state index >= 15 is 0 Å². The number of alkyl halides is 1. The van der Waals surface area contributed by atoms with Crippen molar-refractivity contribution in [2.75, 3.05) is 25.3 Å². The highest BCUT2D eigenvalue weighted by atomic mass is 35.5. The van der Waals surface area contributed by atoms with E-state index in [4.69, 9.17) is 11.6 Å². The molecular weight excluding hydrogens is 264 g/mol. The molecule has 19 heavy (non-hydrogen) atoms. The summed E-state index contributed by atoms with van der Waals surface area (Å²) < 4.78 is 0. The number of halogens is 1. The Hall–Kier alpha value is -1.55. The number of hydrogen-bond acceptors (Lipinski definition) is 2. The Morgan fingerprint density at radius 2 is 1.95 bits per heavy atom. The maximum absolute atomic E-state index is 12.0. The van der Waals surface area contributed by atoms with Gasteiger partial charge in [0.05, 0.1) is 5.41 Å². The molecule has 0 radical (unpaired) electrons. The summed E-state index contributed by atoms with van der Waals surface area (Å²) in [7, 11) is 3.37. The van der Waals surface area contributed by atoms with E-state index < -0.39 is 5.41 Å². The summed E-state index contributed by atoms with van der Waals surface area (Å²) in [4.78, 5) is 25.3. The van der Waals surface area contributed by atoms with Gasteiger partial charge in [-0.15, -0.1) is 11.6 Å². The van der Waals surface area contributed by atoms with Crippen molar-refractivity contribution >= 4 is 29.1 Å². The maximum Gasteiger partial charge on any atom is 0.253 e. The molecule has 2 amide bonds. The molecule has 1 aromatic carbocycles. The van der Waals surface area contributed by atoms with Gasteiger partial charge < -0.3 is 10.2 Å². The van der Waals surface area contributed by atoms with Gasteiger partial charge in [0.25, 0.3) is 5.91 Å². The normalized spacial score (nSPS) is 11.0. The Kier molecular flexibility index (Phi) is 4.95. The summed E-state index contributed by atoms with van der Waals surface area (Å²) in [5.41, 5.74) is 0.478. The summed E-state index contributed by atoms with van der Waals surface area (Å²) in [6.07, 6.45) is 0. The summed E-state index contributed by atoms with van der Waals surface area (Å²) in [5, 5.41) is 2.77. The molecule has 0 heterocycles. The van der Waals surface area contributed by atoms with Crippen LogP contribution >= 0.6 is 11.6 Å². The highest BCUT2D eigenvalue weighted by molar-refractivity contribution is 6.20. The number of hydrogen-bond donors (Lipinski definition) is 1. The first kappa shape index (κ1) is 15.5. The fraction of sp³-hybridized carbons (Fsp3) is 0.429. The number of carbonyl (C=O) groups is 2. The molecule has 5 heteroatoms. The molecule has 0 aliphatic carbocycles. The summed E-state index contributed by atoms with van der Waals surface area (Å²) >= 11 is 5.76. The molecule has 4 nitrogen and oxygen atoms in total. The lowest BCUT2D eigenvalue weighted by atomic mass is 9.95. The molecule has 0 saturated heterocycles. The van der Waals surface area contributed by atoms with Crippen molar-refractivity contribution in [2.24, 2.45) is 5.41 Å². The van der Waals surface area contributed by atoms with E-state index in [-0.39, 0.29) is 17.7 Å². The lowest BCUT2D eigenvalue weighted by molar-refractivity contribution is -0.122. The van der Waals surface area contributed by atoms with E-state index in [2.05, 4.69) is 5.32 Å². The molecule has 0 fully saturated rings.